The number of ether oxygens (including phenoxy) is 2. The van der Waals surface area contributed by atoms with Crippen molar-refractivity contribution in [3.05, 3.63) is 22.3 Å². The van der Waals surface area contributed by atoms with E-state index in [1.807, 2.05) is 13.0 Å². The van der Waals surface area contributed by atoms with E-state index in [0.717, 1.165) is 10.0 Å². The van der Waals surface area contributed by atoms with Crippen molar-refractivity contribution in [2.45, 2.75) is 13.8 Å². The first kappa shape index (κ1) is 12.0. The monoisotopic (exact) mass is 273 g/mol. The molecule has 1 heterocycles. The molecule has 0 radical (unpaired) electrons. The molecule has 0 amide bonds. The number of nitrogens with zero attached hydrogens (tertiary/aromatic N) is 1. The molecule has 0 fully saturated rings. The predicted molar refractivity (Wildman–Crippen MR) is 58.8 cm³/mol. The summed E-state index contributed by atoms with van der Waals surface area (Å²) in [5.74, 6) is 0.00996. The zero-order chi connectivity index (χ0) is 11.3. The van der Waals surface area contributed by atoms with E-state index < -0.39 is 5.97 Å². The first-order valence-electron chi connectivity index (χ1n) is 4.54. The molecule has 1 rings (SSSR count). The number of pyridine rings is 1. The smallest absolute Gasteiger partial charge is 0.344 e. The van der Waals surface area contributed by atoms with Gasteiger partial charge in [0.05, 0.1) is 11.1 Å². The fraction of sp³-hybridized carbons (Fsp3) is 0.400. The second-order valence-electron chi connectivity index (χ2n) is 2.84. The lowest BCUT2D eigenvalue weighted by Gasteiger charge is -2.07. The van der Waals surface area contributed by atoms with Crippen molar-refractivity contribution >= 4 is 21.9 Å². The van der Waals surface area contributed by atoms with Crippen LogP contribution < -0.4 is 4.74 Å². The summed E-state index contributed by atoms with van der Waals surface area (Å²) < 4.78 is 10.7. The number of hydrogen-bond acceptors (Lipinski definition) is 4. The van der Waals surface area contributed by atoms with Gasteiger partial charge in [0.15, 0.2) is 6.61 Å². The number of aryl methyl sites for hydroxylation is 1. The molecular formula is C10H12BrNO3. The molecule has 82 valence electrons. The molecule has 0 aromatic carbocycles. The molecule has 5 heteroatoms. The molecule has 0 spiro atoms. The number of aromatic nitrogens is 1. The van der Waals surface area contributed by atoms with E-state index in [0.29, 0.717) is 12.5 Å². The van der Waals surface area contributed by atoms with Gasteiger partial charge in [0.2, 0.25) is 5.88 Å². The number of rotatable bonds is 4. The number of hydrogen-bond donors (Lipinski definition) is 0. The van der Waals surface area contributed by atoms with Gasteiger partial charge >= 0.3 is 5.97 Å². The molecule has 1 aromatic heterocycles. The number of halogens is 1. The van der Waals surface area contributed by atoms with E-state index >= 15 is 0 Å². The number of esters is 1. The fourth-order valence-corrected chi connectivity index (χ4v) is 1.29. The van der Waals surface area contributed by atoms with Crippen molar-refractivity contribution in [2.75, 3.05) is 13.2 Å². The minimum atomic E-state index is -0.396. The lowest BCUT2D eigenvalue weighted by molar-refractivity contribution is -0.145. The lowest BCUT2D eigenvalue weighted by Crippen LogP contribution is -2.15. The largest absolute Gasteiger partial charge is 0.465 e. The Labute approximate surface area is 96.7 Å². The summed E-state index contributed by atoms with van der Waals surface area (Å²) in [5.41, 5.74) is 1.00. The zero-order valence-corrected chi connectivity index (χ0v) is 10.2. The highest BCUT2D eigenvalue weighted by atomic mass is 79.9. The van der Waals surface area contributed by atoms with E-state index in [2.05, 4.69) is 20.9 Å². The topological polar surface area (TPSA) is 48.4 Å². The van der Waals surface area contributed by atoms with Gasteiger partial charge in [-0.15, -0.1) is 0 Å². The van der Waals surface area contributed by atoms with Crippen LogP contribution in [0.25, 0.3) is 0 Å². The second-order valence-corrected chi connectivity index (χ2v) is 3.63. The van der Waals surface area contributed by atoms with E-state index in [9.17, 15) is 4.79 Å². The van der Waals surface area contributed by atoms with Crippen LogP contribution in [-0.4, -0.2) is 24.2 Å². The first-order chi connectivity index (χ1) is 7.15. The molecule has 0 bridgehead atoms. The molecular weight excluding hydrogens is 262 g/mol. The molecule has 0 aliphatic carbocycles. The molecule has 0 aliphatic rings. The van der Waals surface area contributed by atoms with Crippen molar-refractivity contribution in [2.24, 2.45) is 0 Å². The molecule has 15 heavy (non-hydrogen) atoms. The highest BCUT2D eigenvalue weighted by Crippen LogP contribution is 2.25. The molecule has 4 nitrogen and oxygen atoms in total. The van der Waals surface area contributed by atoms with Crippen molar-refractivity contribution in [1.29, 1.82) is 0 Å². The van der Waals surface area contributed by atoms with Gasteiger partial charge in [-0.2, -0.15) is 0 Å². The first-order valence-corrected chi connectivity index (χ1v) is 5.34. The van der Waals surface area contributed by atoms with Crippen molar-refractivity contribution in [3.63, 3.8) is 0 Å². The van der Waals surface area contributed by atoms with Crippen LogP contribution in [0, 0.1) is 6.92 Å². The summed E-state index contributed by atoms with van der Waals surface area (Å²) in [6.45, 7) is 3.90. The van der Waals surface area contributed by atoms with E-state index in [1.54, 1.807) is 13.1 Å². The third-order valence-electron chi connectivity index (χ3n) is 1.68. The molecule has 0 saturated heterocycles. The summed E-state index contributed by atoms with van der Waals surface area (Å²) in [4.78, 5) is 15.0. The third-order valence-corrected chi connectivity index (χ3v) is 2.65. The maximum atomic E-state index is 11.0. The van der Waals surface area contributed by atoms with Crippen LogP contribution in [0.1, 0.15) is 12.5 Å². The van der Waals surface area contributed by atoms with Crippen LogP contribution in [-0.2, 0) is 9.53 Å². The maximum absolute atomic E-state index is 11.0. The minimum absolute atomic E-state index is 0.122. The Kier molecular flexibility index (Phi) is 4.55. The standard InChI is InChI=1S/C10H12BrNO3/c1-3-14-8(13)6-15-10-9(11)7(2)4-5-12-10/h4-5H,3,6H2,1-2H3. The van der Waals surface area contributed by atoms with Crippen LogP contribution >= 0.6 is 15.9 Å². The van der Waals surface area contributed by atoms with Crippen molar-refractivity contribution < 1.29 is 14.3 Å². The summed E-state index contributed by atoms with van der Waals surface area (Å²) in [6, 6.07) is 1.85. The van der Waals surface area contributed by atoms with Gasteiger partial charge in [-0.25, -0.2) is 9.78 Å². The van der Waals surface area contributed by atoms with Crippen molar-refractivity contribution in [3.8, 4) is 5.88 Å². The molecule has 0 N–H and O–H groups in total. The highest BCUT2D eigenvalue weighted by Gasteiger charge is 2.08. The van der Waals surface area contributed by atoms with Gasteiger partial charge < -0.3 is 9.47 Å². The van der Waals surface area contributed by atoms with Crippen molar-refractivity contribution in [1.82, 2.24) is 4.98 Å². The van der Waals surface area contributed by atoms with Crippen LogP contribution in [0.15, 0.2) is 16.7 Å². The maximum Gasteiger partial charge on any atom is 0.344 e. The average Bonchev–Trinajstić information content (AvgIpc) is 2.21. The van der Waals surface area contributed by atoms with Gasteiger partial charge in [-0.1, -0.05) is 0 Å². The zero-order valence-electron chi connectivity index (χ0n) is 8.62. The van der Waals surface area contributed by atoms with E-state index in [-0.39, 0.29) is 6.61 Å². The Morgan fingerprint density at radius 1 is 1.60 bits per heavy atom. The highest BCUT2D eigenvalue weighted by molar-refractivity contribution is 9.10. The van der Waals surface area contributed by atoms with Gasteiger partial charge in [-0.3, -0.25) is 0 Å². The Bertz CT molecular complexity index is 355. The summed E-state index contributed by atoms with van der Waals surface area (Å²) in [6.07, 6.45) is 1.63. The second kappa shape index (κ2) is 5.70. The molecule has 0 unspecified atom stereocenters. The van der Waals surface area contributed by atoms with Crippen LogP contribution in [0.2, 0.25) is 0 Å². The number of carbonyl (C=O) groups excluding carboxylic acids is 1. The summed E-state index contributed by atoms with van der Waals surface area (Å²) in [7, 11) is 0. The van der Waals surface area contributed by atoms with E-state index in [4.69, 9.17) is 9.47 Å². The Balaban J connectivity index is 2.58. The fourth-order valence-electron chi connectivity index (χ4n) is 0.946. The molecule has 1 aromatic rings. The van der Waals surface area contributed by atoms with Gasteiger partial charge in [0.1, 0.15) is 0 Å². The Morgan fingerprint density at radius 2 is 2.33 bits per heavy atom. The van der Waals surface area contributed by atoms with E-state index in [1.165, 1.54) is 0 Å². The van der Waals surface area contributed by atoms with Gasteiger partial charge in [-0.05, 0) is 41.4 Å². The quantitative estimate of drug-likeness (QED) is 0.789. The molecule has 0 atom stereocenters. The number of carbonyl (C=O) groups is 1. The van der Waals surface area contributed by atoms with Crippen LogP contribution in [0.5, 0.6) is 5.88 Å². The lowest BCUT2D eigenvalue weighted by atomic mass is 10.3. The van der Waals surface area contributed by atoms with Gasteiger partial charge in [0.25, 0.3) is 0 Å². The normalized spacial score (nSPS) is 9.80. The minimum Gasteiger partial charge on any atom is -0.465 e. The average molecular weight is 274 g/mol. The SMILES string of the molecule is CCOC(=O)COc1nccc(C)c1Br. The Morgan fingerprint density at radius 3 is 3.00 bits per heavy atom. The molecule has 0 aliphatic heterocycles. The van der Waals surface area contributed by atoms with Crippen LogP contribution in [0.4, 0.5) is 0 Å². The third kappa shape index (κ3) is 3.51. The summed E-state index contributed by atoms with van der Waals surface area (Å²) >= 11 is 3.33. The Hall–Kier alpha value is -1.10. The van der Waals surface area contributed by atoms with Crippen LogP contribution in [0.3, 0.4) is 0 Å². The molecule has 0 saturated carbocycles. The van der Waals surface area contributed by atoms with Gasteiger partial charge in [0, 0.05) is 6.20 Å². The predicted octanol–water partition coefficient (Wildman–Crippen LogP) is 2.09. The summed E-state index contributed by atoms with van der Waals surface area (Å²) in [5, 5.41) is 0.